The summed E-state index contributed by atoms with van der Waals surface area (Å²) in [7, 11) is -3.98. The number of hydrogen-bond acceptors (Lipinski definition) is 5. The predicted octanol–water partition coefficient (Wildman–Crippen LogP) is -0.302. The van der Waals surface area contributed by atoms with E-state index in [1.165, 1.54) is 31.2 Å². The van der Waals surface area contributed by atoms with Crippen LogP contribution in [0.2, 0.25) is 0 Å². The maximum absolute atomic E-state index is 12.1. The van der Waals surface area contributed by atoms with Gasteiger partial charge in [0.05, 0.1) is 16.9 Å². The molecule has 21 heavy (non-hydrogen) atoms. The molecule has 0 fully saturated rings. The minimum absolute atomic E-state index is 0.0940. The maximum Gasteiger partial charge on any atom is 0.241 e. The van der Waals surface area contributed by atoms with Crippen LogP contribution in [0.5, 0.6) is 0 Å². The molecule has 8 heteroatoms. The van der Waals surface area contributed by atoms with Gasteiger partial charge in [0.15, 0.2) is 0 Å². The van der Waals surface area contributed by atoms with Gasteiger partial charge in [-0.15, -0.1) is 0 Å². The third kappa shape index (κ3) is 4.83. The van der Waals surface area contributed by atoms with Gasteiger partial charge in [-0.1, -0.05) is 13.8 Å². The van der Waals surface area contributed by atoms with E-state index in [1.54, 1.807) is 13.8 Å². The molecule has 0 aromatic heterocycles. The van der Waals surface area contributed by atoms with Crippen molar-refractivity contribution in [1.82, 2.24) is 4.72 Å². The average molecular weight is 313 g/mol. The van der Waals surface area contributed by atoms with Crippen LogP contribution < -0.4 is 15.1 Å². The van der Waals surface area contributed by atoms with Crippen LogP contribution in [0.25, 0.3) is 0 Å². The number of sulfonamides is 1. The standard InChI is InChI=1S/C13H18N2O5S/c1-8(2)12(13(17)18)15-21(19,20)11-6-4-10(5-7-11)14-9(3)16/h4-8,12,15H,1-3H3,(H,14,16)(H,17,18)/p-1/t12-/m0/s1. The van der Waals surface area contributed by atoms with Gasteiger partial charge in [0.1, 0.15) is 0 Å². The summed E-state index contributed by atoms with van der Waals surface area (Å²) in [5.41, 5.74) is 0.446. The molecule has 1 amide bonds. The van der Waals surface area contributed by atoms with Crippen molar-refractivity contribution in [2.45, 2.75) is 31.7 Å². The van der Waals surface area contributed by atoms with Gasteiger partial charge in [0.2, 0.25) is 15.9 Å². The Morgan fingerprint density at radius 2 is 1.67 bits per heavy atom. The fourth-order valence-corrected chi connectivity index (χ4v) is 2.95. The molecule has 2 N–H and O–H groups in total. The summed E-state index contributed by atoms with van der Waals surface area (Å²) in [6.07, 6.45) is 0. The van der Waals surface area contributed by atoms with Gasteiger partial charge in [-0.05, 0) is 30.2 Å². The number of carboxylic acids is 1. The van der Waals surface area contributed by atoms with Crippen LogP contribution in [0.4, 0.5) is 5.69 Å². The van der Waals surface area contributed by atoms with E-state index in [2.05, 4.69) is 10.0 Å². The molecule has 1 aromatic rings. The van der Waals surface area contributed by atoms with Crippen LogP contribution in [0.1, 0.15) is 20.8 Å². The minimum atomic E-state index is -3.98. The maximum atomic E-state index is 12.1. The Morgan fingerprint density at radius 1 is 1.14 bits per heavy atom. The van der Waals surface area contributed by atoms with Crippen molar-refractivity contribution in [3.63, 3.8) is 0 Å². The van der Waals surface area contributed by atoms with Crippen molar-refractivity contribution in [1.29, 1.82) is 0 Å². The van der Waals surface area contributed by atoms with Crippen molar-refractivity contribution >= 4 is 27.6 Å². The van der Waals surface area contributed by atoms with Crippen LogP contribution in [-0.4, -0.2) is 26.3 Å². The van der Waals surface area contributed by atoms with E-state index in [9.17, 15) is 23.1 Å². The van der Waals surface area contributed by atoms with Crippen molar-refractivity contribution in [3.8, 4) is 0 Å². The van der Waals surface area contributed by atoms with Crippen LogP contribution in [-0.2, 0) is 19.6 Å². The largest absolute Gasteiger partial charge is 0.548 e. The zero-order valence-electron chi connectivity index (χ0n) is 11.9. The van der Waals surface area contributed by atoms with E-state index in [0.717, 1.165) is 0 Å². The minimum Gasteiger partial charge on any atom is -0.548 e. The molecule has 0 unspecified atom stereocenters. The fourth-order valence-electron chi connectivity index (χ4n) is 1.61. The summed E-state index contributed by atoms with van der Waals surface area (Å²) in [5, 5.41) is 13.4. The molecule has 1 atom stereocenters. The third-order valence-electron chi connectivity index (χ3n) is 2.69. The molecule has 0 spiro atoms. The molecular formula is C13H17N2O5S-. The van der Waals surface area contributed by atoms with Crippen LogP contribution in [0.15, 0.2) is 29.2 Å². The van der Waals surface area contributed by atoms with Gasteiger partial charge in [-0.2, -0.15) is 0 Å². The summed E-state index contributed by atoms with van der Waals surface area (Å²) in [6, 6.07) is 4.07. The number of carboxylic acid groups (broad SMARTS) is 1. The lowest BCUT2D eigenvalue weighted by Gasteiger charge is -2.23. The van der Waals surface area contributed by atoms with E-state index >= 15 is 0 Å². The first-order valence-electron chi connectivity index (χ1n) is 6.24. The summed E-state index contributed by atoms with van der Waals surface area (Å²) in [4.78, 5) is 21.7. The molecule has 0 bridgehead atoms. The van der Waals surface area contributed by atoms with Crippen molar-refractivity contribution < 1.29 is 23.1 Å². The van der Waals surface area contributed by atoms with E-state index in [1.807, 2.05) is 0 Å². The van der Waals surface area contributed by atoms with Gasteiger partial charge in [0, 0.05) is 12.6 Å². The number of carbonyl (C=O) groups excluding carboxylic acids is 2. The van der Waals surface area contributed by atoms with Crippen LogP contribution >= 0.6 is 0 Å². The Morgan fingerprint density at radius 3 is 2.05 bits per heavy atom. The number of rotatable bonds is 6. The SMILES string of the molecule is CC(=O)Nc1ccc(S(=O)(=O)N[C@H](C(=O)[O-])C(C)C)cc1. The summed E-state index contributed by atoms with van der Waals surface area (Å²) in [6.45, 7) is 4.48. The van der Waals surface area contributed by atoms with Crippen LogP contribution in [0, 0.1) is 5.92 Å². The molecule has 0 saturated carbocycles. The van der Waals surface area contributed by atoms with E-state index in [0.29, 0.717) is 5.69 Å². The molecule has 7 nitrogen and oxygen atoms in total. The Labute approximate surface area is 123 Å². The molecule has 1 rings (SSSR count). The molecular weight excluding hydrogens is 296 g/mol. The summed E-state index contributed by atoms with van der Waals surface area (Å²) >= 11 is 0. The molecule has 0 aliphatic rings. The first-order valence-corrected chi connectivity index (χ1v) is 7.72. The highest BCUT2D eigenvalue weighted by molar-refractivity contribution is 7.89. The van der Waals surface area contributed by atoms with E-state index < -0.39 is 28.0 Å². The average Bonchev–Trinajstić information content (AvgIpc) is 2.35. The predicted molar refractivity (Wildman–Crippen MR) is 74.7 cm³/mol. The molecule has 1 aromatic carbocycles. The van der Waals surface area contributed by atoms with Crippen molar-refractivity contribution in [2.75, 3.05) is 5.32 Å². The van der Waals surface area contributed by atoms with Gasteiger partial charge >= 0.3 is 0 Å². The van der Waals surface area contributed by atoms with Gasteiger partial charge in [0.25, 0.3) is 0 Å². The summed E-state index contributed by atoms with van der Waals surface area (Å²) in [5.74, 6) is -2.22. The van der Waals surface area contributed by atoms with Crippen LogP contribution in [0.3, 0.4) is 0 Å². The molecule has 0 aliphatic carbocycles. The lowest BCUT2D eigenvalue weighted by Crippen LogP contribution is -2.50. The zero-order valence-corrected chi connectivity index (χ0v) is 12.7. The first-order chi connectivity index (χ1) is 9.63. The van der Waals surface area contributed by atoms with Gasteiger partial charge in [-0.3, -0.25) is 4.79 Å². The van der Waals surface area contributed by atoms with Gasteiger partial charge in [-0.25, -0.2) is 13.1 Å². The Bertz CT molecular complexity index is 622. The van der Waals surface area contributed by atoms with E-state index in [-0.39, 0.29) is 10.8 Å². The number of benzene rings is 1. The fraction of sp³-hybridized carbons (Fsp3) is 0.385. The number of hydrogen-bond donors (Lipinski definition) is 2. The number of amides is 1. The smallest absolute Gasteiger partial charge is 0.241 e. The number of carbonyl (C=O) groups is 2. The lowest BCUT2D eigenvalue weighted by atomic mass is 10.1. The zero-order chi connectivity index (χ0) is 16.2. The number of aliphatic carboxylic acids is 1. The second kappa shape index (κ2) is 6.68. The second-order valence-corrected chi connectivity index (χ2v) is 6.58. The number of nitrogens with one attached hydrogen (secondary N) is 2. The molecule has 0 heterocycles. The molecule has 0 radical (unpaired) electrons. The first kappa shape index (κ1) is 17.1. The highest BCUT2D eigenvalue weighted by atomic mass is 32.2. The Hall–Kier alpha value is -1.93. The Balaban J connectivity index is 2.97. The highest BCUT2D eigenvalue weighted by Crippen LogP contribution is 2.15. The van der Waals surface area contributed by atoms with Crippen molar-refractivity contribution in [2.24, 2.45) is 5.92 Å². The monoisotopic (exact) mass is 313 g/mol. The Kier molecular flexibility index (Phi) is 5.45. The molecule has 0 saturated heterocycles. The highest BCUT2D eigenvalue weighted by Gasteiger charge is 2.23. The number of anilines is 1. The lowest BCUT2D eigenvalue weighted by molar-refractivity contribution is -0.309. The topological polar surface area (TPSA) is 115 Å². The third-order valence-corrected chi connectivity index (χ3v) is 4.14. The molecule has 0 aliphatic heterocycles. The van der Waals surface area contributed by atoms with Gasteiger partial charge < -0.3 is 15.2 Å². The van der Waals surface area contributed by atoms with Crippen molar-refractivity contribution in [3.05, 3.63) is 24.3 Å². The summed E-state index contributed by atoms with van der Waals surface area (Å²) < 4.78 is 26.3. The normalized spacial score (nSPS) is 13.0. The van der Waals surface area contributed by atoms with E-state index in [4.69, 9.17) is 0 Å². The molecule has 116 valence electrons. The quantitative estimate of drug-likeness (QED) is 0.748. The second-order valence-electron chi connectivity index (χ2n) is 4.87.